The van der Waals surface area contributed by atoms with Gasteiger partial charge < -0.3 is 20.7 Å². The molecule has 2 aliphatic rings. The number of hydrogen-bond acceptors (Lipinski definition) is 7. The van der Waals surface area contributed by atoms with Crippen LogP contribution in [-0.4, -0.2) is 50.9 Å². The Balaban J connectivity index is 1.57. The Labute approximate surface area is 182 Å². The summed E-state index contributed by atoms with van der Waals surface area (Å²) in [6, 6.07) is 7.78. The third-order valence-electron chi connectivity index (χ3n) is 5.87. The van der Waals surface area contributed by atoms with E-state index in [1.54, 1.807) is 0 Å². The number of anilines is 2. The number of rotatable bonds is 4. The highest BCUT2D eigenvalue weighted by molar-refractivity contribution is 6.16. The van der Waals surface area contributed by atoms with Crippen molar-refractivity contribution < 1.29 is 9.53 Å². The summed E-state index contributed by atoms with van der Waals surface area (Å²) in [6.07, 6.45) is 3.00. The van der Waals surface area contributed by atoms with E-state index in [0.717, 1.165) is 30.5 Å². The molecule has 1 amide bonds. The Bertz CT molecular complexity index is 1020. The number of aromatic nitrogens is 2. The van der Waals surface area contributed by atoms with Crippen molar-refractivity contribution in [2.24, 2.45) is 5.92 Å². The van der Waals surface area contributed by atoms with Crippen molar-refractivity contribution in [2.75, 3.05) is 17.6 Å². The van der Waals surface area contributed by atoms with Gasteiger partial charge in [0.1, 0.15) is 23.6 Å². The number of piperidine rings is 1. The minimum atomic E-state index is -0.529. The standard InChI is InChI=1S/C23H30N6O2/c1-13-6-5-7-15(8-13)19(24)18-20(25)26-12-27-21(18)28-16-9-14-10-17(16)29(11-14)22(30)31-23(2,3)4/h5-8,12,14,16-17,24H,9-11H2,1-4H3,(H3,25,26,27,28). The summed E-state index contributed by atoms with van der Waals surface area (Å²) in [7, 11) is 0. The molecule has 1 aromatic heterocycles. The van der Waals surface area contributed by atoms with Gasteiger partial charge in [-0.25, -0.2) is 14.8 Å². The fraction of sp³-hybridized carbons (Fsp3) is 0.478. The van der Waals surface area contributed by atoms with Gasteiger partial charge in [0, 0.05) is 18.2 Å². The van der Waals surface area contributed by atoms with Crippen molar-refractivity contribution in [1.29, 1.82) is 5.41 Å². The average Bonchev–Trinajstić information content (AvgIpc) is 3.27. The summed E-state index contributed by atoms with van der Waals surface area (Å²) in [4.78, 5) is 23.0. The van der Waals surface area contributed by atoms with Gasteiger partial charge in [-0.15, -0.1) is 0 Å². The lowest BCUT2D eigenvalue weighted by Crippen LogP contribution is -2.49. The second-order valence-electron chi connectivity index (χ2n) is 9.52. The average molecular weight is 423 g/mol. The fourth-order valence-corrected chi connectivity index (χ4v) is 4.59. The van der Waals surface area contributed by atoms with Crippen LogP contribution >= 0.6 is 0 Å². The highest BCUT2D eigenvalue weighted by Gasteiger charge is 2.48. The van der Waals surface area contributed by atoms with E-state index in [1.165, 1.54) is 6.33 Å². The molecule has 8 nitrogen and oxygen atoms in total. The molecule has 1 aliphatic carbocycles. The van der Waals surface area contributed by atoms with Crippen molar-refractivity contribution in [3.05, 3.63) is 47.3 Å². The van der Waals surface area contributed by atoms with E-state index in [9.17, 15) is 4.79 Å². The zero-order valence-electron chi connectivity index (χ0n) is 18.5. The molecule has 8 heteroatoms. The molecule has 164 valence electrons. The van der Waals surface area contributed by atoms with Crippen molar-refractivity contribution in [3.63, 3.8) is 0 Å². The SMILES string of the molecule is Cc1cccc(C(=N)c2c(N)ncnc2NC2CC3CC2N(C(=O)OC(C)(C)C)C3)c1. The Morgan fingerprint density at radius 2 is 2.06 bits per heavy atom. The number of carbonyl (C=O) groups is 1. The van der Waals surface area contributed by atoms with Crippen molar-refractivity contribution in [1.82, 2.24) is 14.9 Å². The van der Waals surface area contributed by atoms with Crippen LogP contribution in [0, 0.1) is 18.3 Å². The molecule has 1 aromatic carbocycles. The maximum atomic E-state index is 12.7. The number of ether oxygens (including phenoxy) is 1. The zero-order chi connectivity index (χ0) is 22.3. The number of fused-ring (bicyclic) bond motifs is 2. The van der Waals surface area contributed by atoms with Gasteiger partial charge in [0.15, 0.2) is 0 Å². The van der Waals surface area contributed by atoms with E-state index < -0.39 is 5.60 Å². The van der Waals surface area contributed by atoms with Crippen LogP contribution in [0.5, 0.6) is 0 Å². The molecular weight excluding hydrogens is 392 g/mol. The van der Waals surface area contributed by atoms with E-state index in [4.69, 9.17) is 15.9 Å². The highest BCUT2D eigenvalue weighted by atomic mass is 16.6. The second kappa shape index (κ2) is 7.83. The molecule has 0 spiro atoms. The van der Waals surface area contributed by atoms with Crippen LogP contribution in [0.15, 0.2) is 30.6 Å². The van der Waals surface area contributed by atoms with E-state index >= 15 is 0 Å². The third kappa shape index (κ3) is 4.33. The second-order valence-corrected chi connectivity index (χ2v) is 9.52. The fourth-order valence-electron chi connectivity index (χ4n) is 4.59. The number of nitrogens with zero attached hydrogens (tertiary/aromatic N) is 3. The lowest BCUT2D eigenvalue weighted by molar-refractivity contribution is 0.0179. The number of benzene rings is 1. The number of aryl methyl sites for hydroxylation is 1. The molecular formula is C23H30N6O2. The van der Waals surface area contributed by atoms with Gasteiger partial charge in [-0.2, -0.15) is 0 Å². The van der Waals surface area contributed by atoms with Gasteiger partial charge in [-0.05, 0) is 52.5 Å². The zero-order valence-corrected chi connectivity index (χ0v) is 18.5. The molecule has 3 atom stereocenters. The molecule has 2 heterocycles. The monoisotopic (exact) mass is 422 g/mol. The smallest absolute Gasteiger partial charge is 0.410 e. The maximum absolute atomic E-state index is 12.7. The quantitative estimate of drug-likeness (QED) is 0.648. The minimum absolute atomic E-state index is 0.0182. The molecule has 3 unspecified atom stereocenters. The topological polar surface area (TPSA) is 117 Å². The summed E-state index contributed by atoms with van der Waals surface area (Å²) in [5, 5.41) is 12.2. The van der Waals surface area contributed by atoms with Crippen LogP contribution in [-0.2, 0) is 4.74 Å². The normalized spacial score (nSPS) is 22.5. The lowest BCUT2D eigenvalue weighted by atomic mass is 10.0. The van der Waals surface area contributed by atoms with Gasteiger partial charge in [-0.3, -0.25) is 5.41 Å². The van der Waals surface area contributed by atoms with E-state index in [0.29, 0.717) is 17.3 Å². The van der Waals surface area contributed by atoms with Crippen LogP contribution in [0.3, 0.4) is 0 Å². The molecule has 2 bridgehead atoms. The molecule has 1 aliphatic heterocycles. The van der Waals surface area contributed by atoms with Crippen LogP contribution in [0.2, 0.25) is 0 Å². The summed E-state index contributed by atoms with van der Waals surface area (Å²) < 4.78 is 5.60. The lowest BCUT2D eigenvalue weighted by Gasteiger charge is -2.35. The van der Waals surface area contributed by atoms with Crippen molar-refractivity contribution >= 4 is 23.4 Å². The van der Waals surface area contributed by atoms with Gasteiger partial charge >= 0.3 is 6.09 Å². The first-order valence-electron chi connectivity index (χ1n) is 10.6. The number of nitrogens with two attached hydrogens (primary N) is 1. The van der Waals surface area contributed by atoms with Crippen LogP contribution in [0.4, 0.5) is 16.4 Å². The molecule has 0 radical (unpaired) electrons. The molecule has 4 rings (SSSR count). The molecule has 1 saturated carbocycles. The number of nitrogen functional groups attached to an aromatic ring is 1. The Morgan fingerprint density at radius 3 is 2.74 bits per heavy atom. The van der Waals surface area contributed by atoms with E-state index in [1.807, 2.05) is 56.9 Å². The molecule has 2 aromatic rings. The number of nitrogens with one attached hydrogen (secondary N) is 2. The number of hydrogen-bond donors (Lipinski definition) is 3. The predicted octanol–water partition coefficient (Wildman–Crippen LogP) is 3.59. The largest absolute Gasteiger partial charge is 0.444 e. The summed E-state index contributed by atoms with van der Waals surface area (Å²) in [5.74, 6) is 1.21. The highest BCUT2D eigenvalue weighted by Crippen LogP contribution is 2.40. The van der Waals surface area contributed by atoms with Crippen molar-refractivity contribution in [3.8, 4) is 0 Å². The van der Waals surface area contributed by atoms with Gasteiger partial charge in [0.05, 0.1) is 17.3 Å². The first-order chi connectivity index (χ1) is 14.6. The molecule has 1 saturated heterocycles. The first kappa shape index (κ1) is 21.1. The number of likely N-dealkylation sites (tertiary alicyclic amines) is 1. The molecule has 4 N–H and O–H groups in total. The number of amides is 1. The van der Waals surface area contributed by atoms with Crippen LogP contribution < -0.4 is 11.1 Å². The van der Waals surface area contributed by atoms with Gasteiger partial charge in [-0.1, -0.05) is 23.8 Å². The number of carbonyl (C=O) groups excluding carboxylic acids is 1. The summed E-state index contributed by atoms with van der Waals surface area (Å²) in [5.41, 5.74) is 8.23. The van der Waals surface area contributed by atoms with Gasteiger partial charge in [0.25, 0.3) is 0 Å². The maximum Gasteiger partial charge on any atom is 0.410 e. The van der Waals surface area contributed by atoms with Crippen molar-refractivity contribution in [2.45, 2.75) is 58.2 Å². The minimum Gasteiger partial charge on any atom is -0.444 e. The Kier molecular flexibility index (Phi) is 5.33. The summed E-state index contributed by atoms with van der Waals surface area (Å²) >= 11 is 0. The van der Waals surface area contributed by atoms with Crippen LogP contribution in [0.25, 0.3) is 0 Å². The van der Waals surface area contributed by atoms with E-state index in [2.05, 4.69) is 15.3 Å². The first-order valence-corrected chi connectivity index (χ1v) is 10.6. The molecule has 31 heavy (non-hydrogen) atoms. The Morgan fingerprint density at radius 1 is 1.29 bits per heavy atom. The van der Waals surface area contributed by atoms with Gasteiger partial charge in [0.2, 0.25) is 0 Å². The van der Waals surface area contributed by atoms with Crippen LogP contribution in [0.1, 0.15) is 50.3 Å². The Hall–Kier alpha value is -3.16. The third-order valence-corrected chi connectivity index (χ3v) is 5.87. The predicted molar refractivity (Wildman–Crippen MR) is 120 cm³/mol. The summed E-state index contributed by atoms with van der Waals surface area (Å²) in [6.45, 7) is 8.34. The molecule has 2 fully saturated rings. The van der Waals surface area contributed by atoms with E-state index in [-0.39, 0.29) is 29.7 Å².